The molecule has 9 heteroatoms. The minimum Gasteiger partial charge on any atom is -0.316 e. The quantitative estimate of drug-likeness (QED) is 0.553. The Morgan fingerprint density at radius 1 is 1.04 bits per heavy atom. The van der Waals surface area contributed by atoms with Gasteiger partial charge in [0.2, 0.25) is 0 Å². The van der Waals surface area contributed by atoms with E-state index in [0.717, 1.165) is 11.3 Å². The number of nitro benzene ring substituents is 2. The Morgan fingerprint density at radius 2 is 1.80 bits per heavy atom. The highest BCUT2D eigenvalue weighted by molar-refractivity contribution is 7.20. The van der Waals surface area contributed by atoms with Crippen molar-refractivity contribution in [2.75, 3.05) is 5.32 Å². The van der Waals surface area contributed by atoms with Gasteiger partial charge in [-0.05, 0) is 30.7 Å². The Bertz CT molecular complexity index is 1030. The van der Waals surface area contributed by atoms with Gasteiger partial charge >= 0.3 is 0 Å². The van der Waals surface area contributed by atoms with E-state index < -0.39 is 15.8 Å². The zero-order chi connectivity index (χ0) is 18.1. The third-order valence-electron chi connectivity index (χ3n) is 3.53. The van der Waals surface area contributed by atoms with E-state index in [-0.39, 0.29) is 17.1 Å². The largest absolute Gasteiger partial charge is 0.316 e. The molecule has 1 heterocycles. The van der Waals surface area contributed by atoms with Gasteiger partial charge in [-0.2, -0.15) is 0 Å². The normalized spacial score (nSPS) is 10.6. The summed E-state index contributed by atoms with van der Waals surface area (Å²) in [5.41, 5.74) is 0.555. The van der Waals surface area contributed by atoms with Crippen LogP contribution in [-0.4, -0.2) is 15.8 Å². The lowest BCUT2D eigenvalue weighted by Gasteiger charge is -2.05. The standard InChI is InChI=1S/C16H11N3O5S/c1-9-2-4-12(13(6-9)19(23)24)17-16(20)15-8-10-7-11(18(21)22)3-5-14(10)25-15/h2-8H,1H3,(H,17,20). The molecule has 0 saturated heterocycles. The van der Waals surface area contributed by atoms with Crippen molar-refractivity contribution in [1.29, 1.82) is 0 Å². The summed E-state index contributed by atoms with van der Waals surface area (Å²) in [5, 5.41) is 25.0. The molecule has 8 nitrogen and oxygen atoms in total. The fourth-order valence-electron chi connectivity index (χ4n) is 2.34. The second-order valence-corrected chi connectivity index (χ2v) is 6.41. The topological polar surface area (TPSA) is 115 Å². The molecule has 1 aromatic heterocycles. The molecule has 0 atom stereocenters. The molecular formula is C16H11N3O5S. The first-order chi connectivity index (χ1) is 11.8. The third kappa shape index (κ3) is 3.31. The molecule has 0 radical (unpaired) electrons. The first-order valence-electron chi connectivity index (χ1n) is 7.09. The van der Waals surface area contributed by atoms with Gasteiger partial charge in [-0.3, -0.25) is 25.0 Å². The Morgan fingerprint density at radius 3 is 2.48 bits per heavy atom. The van der Waals surface area contributed by atoms with Gasteiger partial charge < -0.3 is 5.32 Å². The molecule has 2 aromatic carbocycles. The number of non-ortho nitro benzene ring substituents is 1. The summed E-state index contributed by atoms with van der Waals surface area (Å²) in [6.07, 6.45) is 0. The number of anilines is 1. The van der Waals surface area contributed by atoms with Crippen molar-refractivity contribution in [3.63, 3.8) is 0 Å². The molecule has 25 heavy (non-hydrogen) atoms. The minimum atomic E-state index is -0.559. The number of amides is 1. The maximum atomic E-state index is 12.4. The average molecular weight is 357 g/mol. The van der Waals surface area contributed by atoms with E-state index in [9.17, 15) is 25.0 Å². The second kappa shape index (κ2) is 6.29. The van der Waals surface area contributed by atoms with Gasteiger partial charge in [0.15, 0.2) is 0 Å². The van der Waals surface area contributed by atoms with Crippen molar-refractivity contribution in [2.45, 2.75) is 6.92 Å². The van der Waals surface area contributed by atoms with Crippen molar-refractivity contribution < 1.29 is 14.6 Å². The third-order valence-corrected chi connectivity index (χ3v) is 4.65. The number of carbonyl (C=O) groups excluding carboxylic acids is 1. The molecular weight excluding hydrogens is 346 g/mol. The molecule has 0 saturated carbocycles. The Labute approximate surface area is 145 Å². The van der Waals surface area contributed by atoms with Crippen LogP contribution in [0.5, 0.6) is 0 Å². The van der Waals surface area contributed by atoms with Gasteiger partial charge in [0.1, 0.15) is 5.69 Å². The number of aryl methyl sites for hydroxylation is 1. The first-order valence-corrected chi connectivity index (χ1v) is 7.91. The fourth-order valence-corrected chi connectivity index (χ4v) is 3.28. The minimum absolute atomic E-state index is 0.0635. The zero-order valence-electron chi connectivity index (χ0n) is 12.9. The van der Waals surface area contributed by atoms with E-state index in [4.69, 9.17) is 0 Å². The van der Waals surface area contributed by atoms with Crippen LogP contribution in [0.1, 0.15) is 15.2 Å². The molecule has 3 aromatic rings. The van der Waals surface area contributed by atoms with Gasteiger partial charge in [-0.25, -0.2) is 0 Å². The SMILES string of the molecule is Cc1ccc(NC(=O)c2cc3cc([N+](=O)[O-])ccc3s2)c([N+](=O)[O-])c1. The molecule has 0 aliphatic rings. The number of nitrogens with zero attached hydrogens (tertiary/aromatic N) is 2. The second-order valence-electron chi connectivity index (χ2n) is 5.32. The van der Waals surface area contributed by atoms with Gasteiger partial charge in [-0.15, -0.1) is 11.3 Å². The van der Waals surface area contributed by atoms with E-state index in [2.05, 4.69) is 5.32 Å². The maximum absolute atomic E-state index is 12.4. The van der Waals surface area contributed by atoms with Crippen LogP contribution in [0.3, 0.4) is 0 Å². The summed E-state index contributed by atoms with van der Waals surface area (Å²) < 4.78 is 0.717. The Balaban J connectivity index is 1.93. The zero-order valence-corrected chi connectivity index (χ0v) is 13.7. The van der Waals surface area contributed by atoms with E-state index in [0.29, 0.717) is 20.5 Å². The lowest BCUT2D eigenvalue weighted by molar-refractivity contribution is -0.384. The van der Waals surface area contributed by atoms with E-state index in [1.807, 2.05) is 0 Å². The number of nitro groups is 2. The van der Waals surface area contributed by atoms with Gasteiger partial charge in [0.05, 0.1) is 14.7 Å². The summed E-state index contributed by atoms with van der Waals surface area (Å²) in [7, 11) is 0. The molecule has 1 N–H and O–H groups in total. The van der Waals surface area contributed by atoms with Crippen molar-refractivity contribution >= 4 is 44.4 Å². The summed E-state index contributed by atoms with van der Waals surface area (Å²) >= 11 is 1.16. The molecule has 1 amide bonds. The summed E-state index contributed by atoms with van der Waals surface area (Å²) in [6.45, 7) is 1.72. The monoisotopic (exact) mass is 357 g/mol. The van der Waals surface area contributed by atoms with Crippen molar-refractivity contribution in [3.05, 3.63) is 73.1 Å². The van der Waals surface area contributed by atoms with Crippen LogP contribution in [0.25, 0.3) is 10.1 Å². The number of hydrogen-bond donors (Lipinski definition) is 1. The predicted octanol–water partition coefficient (Wildman–Crippen LogP) is 4.28. The average Bonchev–Trinajstić information content (AvgIpc) is 2.99. The van der Waals surface area contributed by atoms with Gasteiger partial charge in [0, 0.05) is 28.3 Å². The smallest absolute Gasteiger partial charge is 0.293 e. The van der Waals surface area contributed by atoms with Crippen molar-refractivity contribution in [1.82, 2.24) is 0 Å². The highest BCUT2D eigenvalue weighted by Crippen LogP contribution is 2.31. The predicted molar refractivity (Wildman–Crippen MR) is 94.3 cm³/mol. The molecule has 0 aliphatic carbocycles. The molecule has 0 bridgehead atoms. The summed E-state index contributed by atoms with van der Waals surface area (Å²) in [6, 6.07) is 10.4. The number of carbonyl (C=O) groups is 1. The van der Waals surface area contributed by atoms with Crippen molar-refractivity contribution in [2.24, 2.45) is 0 Å². The van der Waals surface area contributed by atoms with E-state index >= 15 is 0 Å². The Kier molecular flexibility index (Phi) is 4.15. The number of fused-ring (bicyclic) bond motifs is 1. The molecule has 0 spiro atoms. The number of benzene rings is 2. The van der Waals surface area contributed by atoms with Crippen LogP contribution < -0.4 is 5.32 Å². The van der Waals surface area contributed by atoms with Crippen LogP contribution >= 0.6 is 11.3 Å². The highest BCUT2D eigenvalue weighted by atomic mass is 32.1. The number of nitrogens with one attached hydrogen (secondary N) is 1. The highest BCUT2D eigenvalue weighted by Gasteiger charge is 2.18. The van der Waals surface area contributed by atoms with Crippen LogP contribution in [0.2, 0.25) is 0 Å². The first kappa shape index (κ1) is 16.5. The van der Waals surface area contributed by atoms with E-state index in [1.54, 1.807) is 19.1 Å². The fraction of sp³-hybridized carbons (Fsp3) is 0.0625. The molecule has 0 unspecified atom stereocenters. The lowest BCUT2D eigenvalue weighted by atomic mass is 10.2. The van der Waals surface area contributed by atoms with Crippen LogP contribution in [0, 0.1) is 27.2 Å². The molecule has 0 aliphatic heterocycles. The number of thiophene rings is 1. The molecule has 3 rings (SSSR count). The van der Waals surface area contributed by atoms with Crippen LogP contribution in [0.15, 0.2) is 42.5 Å². The Hall–Kier alpha value is -3.33. The summed E-state index contributed by atoms with van der Waals surface area (Å²) in [5.74, 6) is -0.504. The van der Waals surface area contributed by atoms with Gasteiger partial charge in [-0.1, -0.05) is 6.07 Å². The van der Waals surface area contributed by atoms with Crippen LogP contribution in [-0.2, 0) is 0 Å². The van der Waals surface area contributed by atoms with Gasteiger partial charge in [0.25, 0.3) is 17.3 Å². The van der Waals surface area contributed by atoms with Crippen molar-refractivity contribution in [3.8, 4) is 0 Å². The summed E-state index contributed by atoms with van der Waals surface area (Å²) in [4.78, 5) is 33.6. The molecule has 0 fully saturated rings. The van der Waals surface area contributed by atoms with Crippen LogP contribution in [0.4, 0.5) is 17.1 Å². The van der Waals surface area contributed by atoms with E-state index in [1.165, 1.54) is 30.3 Å². The number of hydrogen-bond acceptors (Lipinski definition) is 6. The maximum Gasteiger partial charge on any atom is 0.293 e. The molecule has 126 valence electrons. The lowest BCUT2D eigenvalue weighted by Crippen LogP contribution is -2.11. The number of rotatable bonds is 4.